The van der Waals surface area contributed by atoms with Gasteiger partial charge < -0.3 is 11.1 Å². The van der Waals surface area contributed by atoms with Crippen LogP contribution in [0.4, 0.5) is 11.4 Å². The summed E-state index contributed by atoms with van der Waals surface area (Å²) in [5.41, 5.74) is 7.47. The molecule has 2 nitrogen and oxygen atoms in total. The summed E-state index contributed by atoms with van der Waals surface area (Å²) in [6, 6.07) is 6.10. The second-order valence-corrected chi connectivity index (χ2v) is 4.90. The molecule has 0 radical (unpaired) electrons. The lowest BCUT2D eigenvalue weighted by molar-refractivity contribution is 0.484. The maximum absolute atomic E-state index is 5.97. The zero-order valence-electron chi connectivity index (χ0n) is 10.3. The molecule has 0 aliphatic rings. The molecule has 0 aromatic heterocycles. The number of hydrogen-bond acceptors (Lipinski definition) is 2. The Morgan fingerprint density at radius 1 is 1.38 bits per heavy atom. The third-order valence-electron chi connectivity index (χ3n) is 2.91. The zero-order valence-corrected chi connectivity index (χ0v) is 11.0. The minimum Gasteiger partial charge on any atom is -0.396 e. The molecule has 0 heterocycles. The molecule has 0 saturated heterocycles. The Balaban J connectivity index is 2.62. The Labute approximate surface area is 103 Å². The molecule has 16 heavy (non-hydrogen) atoms. The van der Waals surface area contributed by atoms with Gasteiger partial charge in [0.25, 0.3) is 0 Å². The molecule has 0 spiro atoms. The molecule has 2 atom stereocenters. The van der Waals surface area contributed by atoms with Crippen molar-refractivity contribution in [1.82, 2.24) is 0 Å². The molecule has 90 valence electrons. The van der Waals surface area contributed by atoms with Crippen LogP contribution in [0.3, 0.4) is 0 Å². The van der Waals surface area contributed by atoms with E-state index in [9.17, 15) is 0 Å². The first-order valence-corrected chi connectivity index (χ1v) is 6.22. The van der Waals surface area contributed by atoms with Gasteiger partial charge in [-0.1, -0.05) is 37.9 Å². The van der Waals surface area contributed by atoms with Crippen LogP contribution >= 0.6 is 11.6 Å². The van der Waals surface area contributed by atoms with E-state index in [1.54, 1.807) is 6.07 Å². The van der Waals surface area contributed by atoms with Gasteiger partial charge in [0.15, 0.2) is 0 Å². The van der Waals surface area contributed by atoms with Crippen LogP contribution in [-0.2, 0) is 0 Å². The number of nitrogens with one attached hydrogen (secondary N) is 1. The number of anilines is 2. The molecule has 2 unspecified atom stereocenters. The van der Waals surface area contributed by atoms with Gasteiger partial charge in [-0.05, 0) is 31.4 Å². The first kappa shape index (κ1) is 13.2. The molecule has 0 fully saturated rings. The highest BCUT2D eigenvalue weighted by molar-refractivity contribution is 6.33. The maximum atomic E-state index is 5.97. The van der Waals surface area contributed by atoms with E-state index in [0.29, 0.717) is 16.8 Å². The van der Waals surface area contributed by atoms with E-state index < -0.39 is 0 Å². The lowest BCUT2D eigenvalue weighted by atomic mass is 10.0. The van der Waals surface area contributed by atoms with Crippen molar-refractivity contribution in [3.05, 3.63) is 23.2 Å². The molecule has 0 amide bonds. The number of hydrogen-bond donors (Lipinski definition) is 2. The Kier molecular flexibility index (Phi) is 4.94. The molecule has 0 aliphatic heterocycles. The lowest BCUT2D eigenvalue weighted by Crippen LogP contribution is -2.19. The van der Waals surface area contributed by atoms with Crippen LogP contribution < -0.4 is 11.1 Å². The van der Waals surface area contributed by atoms with Crippen LogP contribution in [-0.4, -0.2) is 6.04 Å². The largest absolute Gasteiger partial charge is 0.396 e. The number of benzene rings is 1. The molecule has 0 saturated carbocycles. The quantitative estimate of drug-likeness (QED) is 0.759. The number of nitrogen functional groups attached to an aromatic ring is 1. The molecular weight excluding hydrogens is 220 g/mol. The van der Waals surface area contributed by atoms with Crippen molar-refractivity contribution < 1.29 is 0 Å². The molecule has 0 aliphatic carbocycles. The van der Waals surface area contributed by atoms with E-state index in [2.05, 4.69) is 26.1 Å². The molecular formula is C13H21ClN2. The Bertz CT molecular complexity index is 339. The third kappa shape index (κ3) is 3.60. The van der Waals surface area contributed by atoms with Gasteiger partial charge in [-0.15, -0.1) is 0 Å². The molecule has 1 rings (SSSR count). The van der Waals surface area contributed by atoms with E-state index in [-0.39, 0.29) is 0 Å². The fourth-order valence-electron chi connectivity index (χ4n) is 1.76. The Morgan fingerprint density at radius 3 is 2.69 bits per heavy atom. The van der Waals surface area contributed by atoms with Crippen molar-refractivity contribution in [2.45, 2.75) is 39.7 Å². The van der Waals surface area contributed by atoms with Crippen molar-refractivity contribution in [3.8, 4) is 0 Å². The average molecular weight is 241 g/mol. The monoisotopic (exact) mass is 240 g/mol. The van der Waals surface area contributed by atoms with Crippen molar-refractivity contribution >= 4 is 23.0 Å². The van der Waals surface area contributed by atoms with Gasteiger partial charge in [0.2, 0.25) is 0 Å². The van der Waals surface area contributed by atoms with E-state index in [4.69, 9.17) is 17.3 Å². The van der Waals surface area contributed by atoms with Crippen molar-refractivity contribution in [3.63, 3.8) is 0 Å². The van der Waals surface area contributed by atoms with E-state index in [1.807, 2.05) is 12.1 Å². The van der Waals surface area contributed by atoms with Crippen LogP contribution in [0, 0.1) is 5.92 Å². The smallest absolute Gasteiger partial charge is 0.0739 e. The minimum atomic E-state index is 0.413. The summed E-state index contributed by atoms with van der Waals surface area (Å²) in [5, 5.41) is 4.02. The molecule has 1 aromatic carbocycles. The van der Waals surface area contributed by atoms with Gasteiger partial charge in [-0.25, -0.2) is 0 Å². The van der Waals surface area contributed by atoms with Crippen LogP contribution in [0.25, 0.3) is 0 Å². The summed E-state index contributed by atoms with van der Waals surface area (Å²) < 4.78 is 0. The minimum absolute atomic E-state index is 0.413. The highest BCUT2D eigenvalue weighted by Crippen LogP contribution is 2.28. The van der Waals surface area contributed by atoms with Gasteiger partial charge in [0.05, 0.1) is 16.4 Å². The first-order valence-electron chi connectivity index (χ1n) is 5.85. The lowest BCUT2D eigenvalue weighted by Gasteiger charge is -2.20. The van der Waals surface area contributed by atoms with E-state index in [0.717, 1.165) is 18.0 Å². The zero-order chi connectivity index (χ0) is 12.1. The predicted octanol–water partition coefficient (Wildman–Crippen LogP) is 4.16. The standard InChI is InChI=1S/C13H21ClN2/c1-4-9(2)8-10(3)16-12-7-5-6-11(14)13(12)15/h5-7,9-10,16H,4,8,15H2,1-3H3. The maximum Gasteiger partial charge on any atom is 0.0739 e. The fourth-order valence-corrected chi connectivity index (χ4v) is 1.93. The topological polar surface area (TPSA) is 38.0 Å². The van der Waals surface area contributed by atoms with E-state index in [1.165, 1.54) is 6.42 Å². The van der Waals surface area contributed by atoms with Crippen LogP contribution in [0.1, 0.15) is 33.6 Å². The number of nitrogens with two attached hydrogens (primary N) is 1. The SMILES string of the molecule is CCC(C)CC(C)Nc1cccc(Cl)c1N. The number of para-hydroxylation sites is 1. The number of rotatable bonds is 5. The van der Waals surface area contributed by atoms with Crippen molar-refractivity contribution in [2.24, 2.45) is 5.92 Å². The normalized spacial score (nSPS) is 14.5. The van der Waals surface area contributed by atoms with Gasteiger partial charge in [-0.2, -0.15) is 0 Å². The summed E-state index contributed by atoms with van der Waals surface area (Å²) in [5.74, 6) is 0.725. The van der Waals surface area contributed by atoms with Crippen LogP contribution in [0.15, 0.2) is 18.2 Å². The van der Waals surface area contributed by atoms with Crippen molar-refractivity contribution in [1.29, 1.82) is 0 Å². The Morgan fingerprint density at radius 2 is 2.06 bits per heavy atom. The second-order valence-electron chi connectivity index (χ2n) is 4.50. The highest BCUT2D eigenvalue weighted by atomic mass is 35.5. The molecule has 1 aromatic rings. The third-order valence-corrected chi connectivity index (χ3v) is 3.24. The molecule has 3 heteroatoms. The Hall–Kier alpha value is -0.890. The van der Waals surface area contributed by atoms with E-state index >= 15 is 0 Å². The van der Waals surface area contributed by atoms with Gasteiger partial charge >= 0.3 is 0 Å². The van der Waals surface area contributed by atoms with Gasteiger partial charge in [0.1, 0.15) is 0 Å². The fraction of sp³-hybridized carbons (Fsp3) is 0.538. The summed E-state index contributed by atoms with van der Waals surface area (Å²) >= 11 is 5.97. The highest BCUT2D eigenvalue weighted by Gasteiger charge is 2.09. The summed E-state index contributed by atoms with van der Waals surface area (Å²) in [7, 11) is 0. The summed E-state index contributed by atoms with van der Waals surface area (Å²) in [6.45, 7) is 6.65. The summed E-state index contributed by atoms with van der Waals surface area (Å²) in [6.07, 6.45) is 2.35. The van der Waals surface area contributed by atoms with Crippen LogP contribution in [0.2, 0.25) is 5.02 Å². The van der Waals surface area contributed by atoms with Gasteiger partial charge in [-0.3, -0.25) is 0 Å². The second kappa shape index (κ2) is 6.00. The summed E-state index contributed by atoms with van der Waals surface area (Å²) in [4.78, 5) is 0. The van der Waals surface area contributed by atoms with Crippen LogP contribution in [0.5, 0.6) is 0 Å². The first-order chi connectivity index (χ1) is 7.54. The predicted molar refractivity (Wildman–Crippen MR) is 73.0 cm³/mol. The molecule has 0 bridgehead atoms. The number of halogens is 1. The van der Waals surface area contributed by atoms with Crippen molar-refractivity contribution in [2.75, 3.05) is 11.1 Å². The van der Waals surface area contributed by atoms with Gasteiger partial charge in [0, 0.05) is 6.04 Å². The molecule has 3 N–H and O–H groups in total. The average Bonchev–Trinajstić information content (AvgIpc) is 2.24.